The van der Waals surface area contributed by atoms with Gasteiger partial charge < -0.3 is 5.32 Å². The first-order chi connectivity index (χ1) is 14.5. The molecule has 5 nitrogen and oxygen atoms in total. The van der Waals surface area contributed by atoms with Gasteiger partial charge in [-0.05, 0) is 49.6 Å². The van der Waals surface area contributed by atoms with Crippen molar-refractivity contribution in [1.29, 1.82) is 0 Å². The summed E-state index contributed by atoms with van der Waals surface area (Å²) in [5, 5.41) is 9.14. The van der Waals surface area contributed by atoms with E-state index in [9.17, 15) is 4.79 Å². The molecule has 0 bridgehead atoms. The minimum atomic E-state index is -0.113. The molecule has 152 valence electrons. The van der Waals surface area contributed by atoms with E-state index in [0.29, 0.717) is 11.3 Å². The van der Waals surface area contributed by atoms with Gasteiger partial charge in [0.05, 0.1) is 16.8 Å². The molecule has 0 spiro atoms. The van der Waals surface area contributed by atoms with Crippen molar-refractivity contribution in [2.45, 2.75) is 25.8 Å². The predicted molar refractivity (Wildman–Crippen MR) is 121 cm³/mol. The lowest BCUT2D eigenvalue weighted by Crippen LogP contribution is -2.33. The molecule has 4 aromatic rings. The smallest absolute Gasteiger partial charge is 0.252 e. The zero-order valence-electron chi connectivity index (χ0n) is 17.0. The third-order valence-electron chi connectivity index (χ3n) is 5.12. The maximum atomic E-state index is 13.1. The van der Waals surface area contributed by atoms with Crippen molar-refractivity contribution in [3.05, 3.63) is 83.0 Å². The minimum Gasteiger partial charge on any atom is -0.350 e. The van der Waals surface area contributed by atoms with Gasteiger partial charge in [-0.15, -0.1) is 0 Å². The Balaban J connectivity index is 1.57. The molecule has 2 aromatic carbocycles. The Labute approximate surface area is 180 Å². The summed E-state index contributed by atoms with van der Waals surface area (Å²) in [6, 6.07) is 19.2. The lowest BCUT2D eigenvalue weighted by atomic mass is 10.0. The van der Waals surface area contributed by atoms with E-state index in [1.54, 1.807) is 4.68 Å². The zero-order chi connectivity index (χ0) is 21.1. The Morgan fingerprint density at radius 2 is 1.87 bits per heavy atom. The molecule has 0 saturated carbocycles. The molecule has 0 aliphatic heterocycles. The van der Waals surface area contributed by atoms with Crippen LogP contribution < -0.4 is 5.32 Å². The van der Waals surface area contributed by atoms with E-state index >= 15 is 0 Å². The number of rotatable bonds is 6. The topological polar surface area (TPSA) is 59.8 Å². The average Bonchev–Trinajstić information content (AvgIpc) is 3.18. The third-order valence-corrected chi connectivity index (χ3v) is 5.49. The van der Waals surface area contributed by atoms with Gasteiger partial charge in [-0.25, -0.2) is 4.98 Å². The fourth-order valence-electron chi connectivity index (χ4n) is 3.49. The second-order valence-electron chi connectivity index (χ2n) is 7.45. The van der Waals surface area contributed by atoms with Crippen molar-refractivity contribution in [3.8, 4) is 11.4 Å². The van der Waals surface area contributed by atoms with E-state index in [1.165, 1.54) is 0 Å². The van der Waals surface area contributed by atoms with Gasteiger partial charge in [0.25, 0.3) is 5.91 Å². The Bertz CT molecular complexity index is 1200. The lowest BCUT2D eigenvalue weighted by molar-refractivity contribution is 0.0940. The number of nitrogens with zero attached hydrogens (tertiary/aromatic N) is 3. The van der Waals surface area contributed by atoms with Crippen LogP contribution in [0.15, 0.2) is 66.9 Å². The molecule has 6 heteroatoms. The standard InChI is InChI=1S/C24H23ClN4O/c1-16(11-12-17-7-3-5-9-20(17)25)26-24(30)19-15-23(22-13-14-29(2)28-22)27-21-10-6-4-8-18(19)21/h3-10,13-16H,11-12H2,1-2H3,(H,26,30). The molecule has 1 amide bonds. The molecule has 0 aliphatic rings. The van der Waals surface area contributed by atoms with Crippen molar-refractivity contribution >= 4 is 28.4 Å². The number of benzene rings is 2. The molecule has 2 heterocycles. The predicted octanol–water partition coefficient (Wildman–Crippen LogP) is 5.04. The number of fused-ring (bicyclic) bond motifs is 1. The normalized spacial score (nSPS) is 12.1. The van der Waals surface area contributed by atoms with E-state index in [1.807, 2.05) is 80.8 Å². The summed E-state index contributed by atoms with van der Waals surface area (Å²) in [4.78, 5) is 17.8. The fourth-order valence-corrected chi connectivity index (χ4v) is 3.72. The minimum absolute atomic E-state index is 0.000925. The van der Waals surface area contributed by atoms with Crippen LogP contribution in [0.3, 0.4) is 0 Å². The van der Waals surface area contributed by atoms with Gasteiger partial charge in [-0.3, -0.25) is 9.48 Å². The summed E-state index contributed by atoms with van der Waals surface area (Å²) in [5.74, 6) is -0.113. The molecule has 1 atom stereocenters. The molecule has 0 fully saturated rings. The summed E-state index contributed by atoms with van der Waals surface area (Å²) >= 11 is 6.25. The van der Waals surface area contributed by atoms with Crippen molar-refractivity contribution in [2.24, 2.45) is 7.05 Å². The number of aryl methyl sites for hydroxylation is 2. The number of carbonyl (C=O) groups excluding carboxylic acids is 1. The van der Waals surface area contributed by atoms with E-state index in [-0.39, 0.29) is 11.9 Å². The second kappa shape index (κ2) is 8.67. The first kappa shape index (κ1) is 20.1. The maximum absolute atomic E-state index is 13.1. The SMILES string of the molecule is CC(CCc1ccccc1Cl)NC(=O)c1cc(-c2ccn(C)n2)nc2ccccc12. The van der Waals surface area contributed by atoms with Crippen molar-refractivity contribution in [1.82, 2.24) is 20.1 Å². The van der Waals surface area contributed by atoms with Crippen LogP contribution >= 0.6 is 11.6 Å². The Morgan fingerprint density at radius 3 is 2.63 bits per heavy atom. The van der Waals surface area contributed by atoms with Crippen LogP contribution in [0.25, 0.3) is 22.3 Å². The van der Waals surface area contributed by atoms with Gasteiger partial charge in [0.15, 0.2) is 0 Å². The first-order valence-corrected chi connectivity index (χ1v) is 10.3. The summed E-state index contributed by atoms with van der Waals surface area (Å²) in [6.45, 7) is 2.01. The first-order valence-electron chi connectivity index (χ1n) is 9.95. The fraction of sp³-hybridized carbons (Fsp3) is 0.208. The summed E-state index contributed by atoms with van der Waals surface area (Å²) in [6.07, 6.45) is 3.46. The van der Waals surface area contributed by atoms with E-state index < -0.39 is 0 Å². The molecule has 1 unspecified atom stereocenters. The molecule has 1 N–H and O–H groups in total. The number of hydrogen-bond donors (Lipinski definition) is 1. The Morgan fingerprint density at radius 1 is 1.10 bits per heavy atom. The molecule has 2 aromatic heterocycles. The molecule has 0 aliphatic carbocycles. The zero-order valence-corrected chi connectivity index (χ0v) is 17.7. The van der Waals surface area contributed by atoms with Crippen molar-refractivity contribution in [2.75, 3.05) is 0 Å². The second-order valence-corrected chi connectivity index (χ2v) is 7.86. The van der Waals surface area contributed by atoms with Gasteiger partial charge in [-0.1, -0.05) is 48.0 Å². The summed E-state index contributed by atoms with van der Waals surface area (Å²) < 4.78 is 1.72. The van der Waals surface area contributed by atoms with Gasteiger partial charge in [0.1, 0.15) is 5.69 Å². The Hall–Kier alpha value is -3.18. The third kappa shape index (κ3) is 4.36. The van der Waals surface area contributed by atoms with Crippen LogP contribution in [0.2, 0.25) is 5.02 Å². The number of carbonyl (C=O) groups is 1. The summed E-state index contributed by atoms with van der Waals surface area (Å²) in [5.41, 5.74) is 3.89. The van der Waals surface area contributed by atoms with Crippen LogP contribution in [-0.4, -0.2) is 26.7 Å². The average molecular weight is 419 g/mol. The quantitative estimate of drug-likeness (QED) is 0.477. The maximum Gasteiger partial charge on any atom is 0.252 e. The van der Waals surface area contributed by atoms with E-state index in [0.717, 1.165) is 40.0 Å². The van der Waals surface area contributed by atoms with Gasteiger partial charge in [0, 0.05) is 29.7 Å². The van der Waals surface area contributed by atoms with Gasteiger partial charge in [-0.2, -0.15) is 5.10 Å². The molecular formula is C24H23ClN4O. The van der Waals surface area contributed by atoms with Gasteiger partial charge in [0.2, 0.25) is 0 Å². The Kier molecular flexibility index (Phi) is 5.81. The monoisotopic (exact) mass is 418 g/mol. The number of amides is 1. The van der Waals surface area contributed by atoms with Crippen LogP contribution in [0.4, 0.5) is 0 Å². The van der Waals surface area contributed by atoms with Crippen LogP contribution in [0.5, 0.6) is 0 Å². The number of nitrogens with one attached hydrogen (secondary N) is 1. The molecule has 4 rings (SSSR count). The van der Waals surface area contributed by atoms with Crippen LogP contribution in [0.1, 0.15) is 29.3 Å². The number of halogens is 1. The number of hydrogen-bond acceptors (Lipinski definition) is 3. The highest BCUT2D eigenvalue weighted by atomic mass is 35.5. The van der Waals surface area contributed by atoms with Crippen molar-refractivity contribution in [3.63, 3.8) is 0 Å². The summed E-state index contributed by atoms with van der Waals surface area (Å²) in [7, 11) is 1.86. The van der Waals surface area contributed by atoms with E-state index in [2.05, 4.69) is 10.4 Å². The highest BCUT2D eigenvalue weighted by Gasteiger charge is 2.17. The molecule has 0 radical (unpaired) electrons. The lowest BCUT2D eigenvalue weighted by Gasteiger charge is -2.16. The number of pyridine rings is 1. The highest BCUT2D eigenvalue weighted by molar-refractivity contribution is 6.31. The number of aromatic nitrogens is 3. The van der Waals surface area contributed by atoms with E-state index in [4.69, 9.17) is 16.6 Å². The molecular weight excluding hydrogens is 396 g/mol. The van der Waals surface area contributed by atoms with Crippen molar-refractivity contribution < 1.29 is 4.79 Å². The number of para-hydroxylation sites is 1. The van der Waals surface area contributed by atoms with Gasteiger partial charge >= 0.3 is 0 Å². The molecule has 30 heavy (non-hydrogen) atoms. The largest absolute Gasteiger partial charge is 0.350 e. The molecule has 0 saturated heterocycles. The van der Waals surface area contributed by atoms with Crippen LogP contribution in [0, 0.1) is 0 Å². The van der Waals surface area contributed by atoms with Crippen LogP contribution in [-0.2, 0) is 13.5 Å². The highest BCUT2D eigenvalue weighted by Crippen LogP contribution is 2.24.